The number of anilines is 2. The predicted molar refractivity (Wildman–Crippen MR) is 73.7 cm³/mol. The number of nitriles is 1. The summed E-state index contributed by atoms with van der Waals surface area (Å²) in [5.74, 6) is 1.63. The molecule has 1 aliphatic heterocycles. The van der Waals surface area contributed by atoms with E-state index in [2.05, 4.69) is 4.98 Å². The van der Waals surface area contributed by atoms with Crippen molar-refractivity contribution < 1.29 is 9.47 Å². The van der Waals surface area contributed by atoms with Crippen LogP contribution in [0, 0.1) is 11.3 Å². The molecule has 3 rings (SSSR count). The fourth-order valence-corrected chi connectivity index (χ4v) is 2.27. The van der Waals surface area contributed by atoms with Crippen LogP contribution in [0.4, 0.5) is 11.5 Å². The second-order valence-electron chi connectivity index (χ2n) is 4.41. The Hall–Kier alpha value is -2.94. The van der Waals surface area contributed by atoms with Gasteiger partial charge in [0.25, 0.3) is 0 Å². The number of nitrogen functional groups attached to an aromatic ring is 2. The van der Waals surface area contributed by atoms with Crippen LogP contribution in [-0.4, -0.2) is 12.1 Å². The Balaban J connectivity index is 2.18. The summed E-state index contributed by atoms with van der Waals surface area (Å²) in [7, 11) is 1.57. The van der Waals surface area contributed by atoms with Crippen LogP contribution >= 0.6 is 0 Å². The van der Waals surface area contributed by atoms with E-state index in [1.165, 1.54) is 0 Å². The van der Waals surface area contributed by atoms with Gasteiger partial charge in [0, 0.05) is 17.5 Å². The standard InChI is InChI=1S/C14H12N4O2/c1-19-10-4-2-3-7-5-8-11(16)9(6-15)13(17)18-14(8)20-12(7)10/h2-4H,5H2,1H3,(H4,16,17,18). The molecule has 6 nitrogen and oxygen atoms in total. The lowest BCUT2D eigenvalue weighted by molar-refractivity contribution is 0.366. The third-order valence-electron chi connectivity index (χ3n) is 3.29. The van der Waals surface area contributed by atoms with Crippen molar-refractivity contribution >= 4 is 11.5 Å². The molecule has 0 bridgehead atoms. The van der Waals surface area contributed by atoms with Gasteiger partial charge in [0.1, 0.15) is 17.5 Å². The smallest absolute Gasteiger partial charge is 0.227 e. The third-order valence-corrected chi connectivity index (χ3v) is 3.29. The van der Waals surface area contributed by atoms with Crippen molar-refractivity contribution in [2.45, 2.75) is 6.42 Å². The first-order chi connectivity index (χ1) is 9.65. The molecular weight excluding hydrogens is 256 g/mol. The number of para-hydroxylation sites is 1. The molecule has 2 heterocycles. The predicted octanol–water partition coefficient (Wildman–Crippen LogP) is 1.82. The largest absolute Gasteiger partial charge is 0.493 e. The molecule has 0 amide bonds. The minimum atomic E-state index is 0.0714. The molecule has 0 spiro atoms. The fraction of sp³-hybridized carbons (Fsp3) is 0.143. The molecule has 100 valence electrons. The number of ether oxygens (including phenoxy) is 2. The number of fused-ring (bicyclic) bond motifs is 2. The fourth-order valence-electron chi connectivity index (χ4n) is 2.27. The maximum atomic E-state index is 9.07. The number of pyridine rings is 1. The van der Waals surface area contributed by atoms with E-state index in [1.54, 1.807) is 13.2 Å². The van der Waals surface area contributed by atoms with Gasteiger partial charge in [-0.1, -0.05) is 12.1 Å². The highest BCUT2D eigenvalue weighted by Gasteiger charge is 2.26. The van der Waals surface area contributed by atoms with E-state index < -0.39 is 0 Å². The second-order valence-corrected chi connectivity index (χ2v) is 4.41. The van der Waals surface area contributed by atoms with Crippen LogP contribution in [0.25, 0.3) is 0 Å². The Morgan fingerprint density at radius 2 is 2.20 bits per heavy atom. The number of aromatic nitrogens is 1. The molecule has 0 fully saturated rings. The van der Waals surface area contributed by atoms with E-state index in [9.17, 15) is 0 Å². The molecule has 0 saturated carbocycles. The van der Waals surface area contributed by atoms with Gasteiger partial charge in [0.15, 0.2) is 11.5 Å². The van der Waals surface area contributed by atoms with Crippen molar-refractivity contribution in [1.29, 1.82) is 5.26 Å². The van der Waals surface area contributed by atoms with Crippen LogP contribution in [0.1, 0.15) is 16.7 Å². The molecule has 0 unspecified atom stereocenters. The zero-order valence-corrected chi connectivity index (χ0v) is 10.8. The molecule has 1 aromatic heterocycles. The molecule has 0 saturated heterocycles. The van der Waals surface area contributed by atoms with Gasteiger partial charge in [0.2, 0.25) is 5.88 Å². The summed E-state index contributed by atoms with van der Waals surface area (Å²) in [6.07, 6.45) is 0.523. The van der Waals surface area contributed by atoms with Crippen molar-refractivity contribution in [3.8, 4) is 23.4 Å². The van der Waals surface area contributed by atoms with E-state index in [0.717, 1.165) is 5.56 Å². The van der Waals surface area contributed by atoms with E-state index in [0.29, 0.717) is 35.1 Å². The molecule has 1 aromatic carbocycles. The van der Waals surface area contributed by atoms with Crippen molar-refractivity contribution in [2.75, 3.05) is 18.6 Å². The molecule has 0 atom stereocenters. The maximum Gasteiger partial charge on any atom is 0.227 e. The molecule has 20 heavy (non-hydrogen) atoms. The highest BCUT2D eigenvalue weighted by molar-refractivity contribution is 5.72. The molecule has 2 aromatic rings. The first-order valence-electron chi connectivity index (χ1n) is 5.97. The average Bonchev–Trinajstić information content (AvgIpc) is 2.45. The number of benzene rings is 1. The van der Waals surface area contributed by atoms with Gasteiger partial charge in [-0.05, 0) is 6.07 Å². The van der Waals surface area contributed by atoms with Gasteiger partial charge in [-0.2, -0.15) is 10.2 Å². The summed E-state index contributed by atoms with van der Waals surface area (Å²) in [5, 5.41) is 9.07. The molecule has 0 aliphatic carbocycles. The number of nitrogens with two attached hydrogens (primary N) is 2. The van der Waals surface area contributed by atoms with Crippen LogP contribution in [0.3, 0.4) is 0 Å². The minimum Gasteiger partial charge on any atom is -0.493 e. The number of methoxy groups -OCH3 is 1. The summed E-state index contributed by atoms with van der Waals surface area (Å²) in [6.45, 7) is 0. The topological polar surface area (TPSA) is 107 Å². The van der Waals surface area contributed by atoms with Gasteiger partial charge in [-0.25, -0.2) is 0 Å². The highest BCUT2D eigenvalue weighted by Crippen LogP contribution is 2.44. The molecule has 6 heteroatoms. The van der Waals surface area contributed by atoms with Crippen LogP contribution in [0.5, 0.6) is 17.4 Å². The van der Waals surface area contributed by atoms with Crippen molar-refractivity contribution in [3.05, 3.63) is 34.9 Å². The van der Waals surface area contributed by atoms with Crippen LogP contribution in [0.15, 0.2) is 18.2 Å². The Bertz CT molecular complexity index is 750. The quantitative estimate of drug-likeness (QED) is 0.697. The Kier molecular flexibility index (Phi) is 2.61. The summed E-state index contributed by atoms with van der Waals surface area (Å²) in [4.78, 5) is 4.12. The SMILES string of the molecule is COc1cccc2c1Oc1nc(N)c(C#N)c(N)c1C2. The molecular formula is C14H12N4O2. The van der Waals surface area contributed by atoms with Gasteiger partial charge in [-0.15, -0.1) is 0 Å². The first kappa shape index (κ1) is 12.1. The second kappa shape index (κ2) is 4.31. The summed E-state index contributed by atoms with van der Waals surface area (Å²) in [6, 6.07) is 7.57. The first-order valence-corrected chi connectivity index (χ1v) is 5.97. The lowest BCUT2D eigenvalue weighted by atomic mass is 9.99. The minimum absolute atomic E-state index is 0.0714. The van der Waals surface area contributed by atoms with Crippen LogP contribution in [-0.2, 0) is 6.42 Å². The number of hydrogen-bond acceptors (Lipinski definition) is 6. The molecule has 4 N–H and O–H groups in total. The number of rotatable bonds is 1. The zero-order chi connectivity index (χ0) is 14.3. The van der Waals surface area contributed by atoms with Crippen molar-refractivity contribution in [3.63, 3.8) is 0 Å². The van der Waals surface area contributed by atoms with Gasteiger partial charge in [-0.3, -0.25) is 0 Å². The average molecular weight is 268 g/mol. The van der Waals surface area contributed by atoms with E-state index in [-0.39, 0.29) is 11.4 Å². The van der Waals surface area contributed by atoms with Gasteiger partial charge < -0.3 is 20.9 Å². The van der Waals surface area contributed by atoms with Crippen molar-refractivity contribution in [1.82, 2.24) is 4.98 Å². The van der Waals surface area contributed by atoms with E-state index in [1.807, 2.05) is 18.2 Å². The normalized spacial score (nSPS) is 11.8. The summed E-state index contributed by atoms with van der Waals surface area (Å²) in [5.41, 5.74) is 13.8. The maximum absolute atomic E-state index is 9.07. The number of nitrogens with zero attached hydrogens (tertiary/aromatic N) is 2. The van der Waals surface area contributed by atoms with Crippen LogP contribution < -0.4 is 20.9 Å². The van der Waals surface area contributed by atoms with Gasteiger partial charge in [0.05, 0.1) is 12.8 Å². The Morgan fingerprint density at radius 3 is 2.90 bits per heavy atom. The number of hydrogen-bond donors (Lipinski definition) is 2. The van der Waals surface area contributed by atoms with E-state index in [4.69, 9.17) is 26.2 Å². The summed E-state index contributed by atoms with van der Waals surface area (Å²) >= 11 is 0. The van der Waals surface area contributed by atoms with Crippen molar-refractivity contribution in [2.24, 2.45) is 0 Å². The summed E-state index contributed by atoms with van der Waals surface area (Å²) < 4.78 is 11.0. The third kappa shape index (κ3) is 1.61. The van der Waals surface area contributed by atoms with Gasteiger partial charge >= 0.3 is 0 Å². The lowest BCUT2D eigenvalue weighted by Gasteiger charge is -2.23. The monoisotopic (exact) mass is 268 g/mol. The highest BCUT2D eigenvalue weighted by atomic mass is 16.5. The van der Waals surface area contributed by atoms with Crippen LogP contribution in [0.2, 0.25) is 0 Å². The lowest BCUT2D eigenvalue weighted by Crippen LogP contribution is -2.12. The zero-order valence-electron chi connectivity index (χ0n) is 10.8. The Labute approximate surface area is 115 Å². The van der Waals surface area contributed by atoms with E-state index >= 15 is 0 Å². The Morgan fingerprint density at radius 1 is 1.40 bits per heavy atom. The molecule has 0 radical (unpaired) electrons. The molecule has 1 aliphatic rings.